The maximum Gasteiger partial charge on any atom is 0.242 e. The Kier molecular flexibility index (Phi) is 4.67. The number of benzene rings is 1. The van der Waals surface area contributed by atoms with E-state index < -0.39 is 10.0 Å². The van der Waals surface area contributed by atoms with Crippen LogP contribution in [0.2, 0.25) is 5.02 Å². The Hall–Kier alpha value is -1.11. The van der Waals surface area contributed by atoms with Gasteiger partial charge in [-0.3, -0.25) is 4.79 Å². The van der Waals surface area contributed by atoms with E-state index in [0.717, 1.165) is 37.7 Å². The van der Waals surface area contributed by atoms with Crippen LogP contribution < -0.4 is 9.62 Å². The monoisotopic (exact) mass is 356 g/mol. The lowest BCUT2D eigenvalue weighted by molar-refractivity contribution is -0.116. The highest BCUT2D eigenvalue weighted by molar-refractivity contribution is 7.89. The van der Waals surface area contributed by atoms with Crippen LogP contribution in [-0.2, 0) is 21.2 Å². The van der Waals surface area contributed by atoms with Crippen LogP contribution in [0.25, 0.3) is 0 Å². The van der Waals surface area contributed by atoms with Gasteiger partial charge in [-0.25, -0.2) is 13.1 Å². The molecular formula is C16H21ClN2O3S. The van der Waals surface area contributed by atoms with E-state index >= 15 is 0 Å². The molecule has 0 aromatic heterocycles. The molecule has 0 radical (unpaired) electrons. The molecule has 0 spiro atoms. The zero-order valence-corrected chi connectivity index (χ0v) is 14.7. The van der Waals surface area contributed by atoms with Crippen LogP contribution in [0.3, 0.4) is 0 Å². The van der Waals surface area contributed by atoms with E-state index in [1.54, 1.807) is 11.0 Å². The molecule has 1 amide bonds. The first kappa shape index (κ1) is 16.7. The maximum atomic E-state index is 12.7. The molecule has 1 N–H and O–H groups in total. The summed E-state index contributed by atoms with van der Waals surface area (Å²) in [5.74, 6) is -0.0883. The number of amides is 1. The average molecular weight is 357 g/mol. The second kappa shape index (κ2) is 6.42. The predicted molar refractivity (Wildman–Crippen MR) is 90.4 cm³/mol. The van der Waals surface area contributed by atoms with E-state index in [0.29, 0.717) is 18.7 Å². The number of hydrogen-bond acceptors (Lipinski definition) is 3. The summed E-state index contributed by atoms with van der Waals surface area (Å²) in [6.45, 7) is 2.05. The molecule has 0 unspecified atom stereocenters. The Balaban J connectivity index is 1.92. The Morgan fingerprint density at radius 3 is 2.61 bits per heavy atom. The van der Waals surface area contributed by atoms with Crippen molar-refractivity contribution in [2.75, 3.05) is 11.4 Å². The second-order valence-corrected chi connectivity index (χ2v) is 8.38. The van der Waals surface area contributed by atoms with E-state index in [4.69, 9.17) is 11.6 Å². The molecule has 126 valence electrons. The van der Waals surface area contributed by atoms with E-state index in [2.05, 4.69) is 4.72 Å². The summed E-state index contributed by atoms with van der Waals surface area (Å²) in [5.41, 5.74) is 1.58. The lowest BCUT2D eigenvalue weighted by Gasteiger charge is -2.23. The van der Waals surface area contributed by atoms with Crippen molar-refractivity contribution in [3.63, 3.8) is 0 Å². The molecule has 5 nitrogen and oxygen atoms in total. The molecule has 3 rings (SSSR count). The van der Waals surface area contributed by atoms with Crippen LogP contribution in [0.1, 0.15) is 44.6 Å². The van der Waals surface area contributed by atoms with Crippen molar-refractivity contribution in [1.29, 1.82) is 0 Å². The third-order valence-electron chi connectivity index (χ3n) is 4.63. The molecule has 1 fully saturated rings. The molecule has 1 heterocycles. The van der Waals surface area contributed by atoms with Crippen molar-refractivity contribution in [3.05, 3.63) is 22.7 Å². The lowest BCUT2D eigenvalue weighted by atomic mass is 9.96. The van der Waals surface area contributed by atoms with Gasteiger partial charge in [0.25, 0.3) is 0 Å². The number of nitrogens with zero attached hydrogens (tertiary/aromatic N) is 1. The van der Waals surface area contributed by atoms with Crippen LogP contribution in [-0.4, -0.2) is 26.9 Å². The number of fused-ring (bicyclic) bond motifs is 1. The zero-order valence-electron chi connectivity index (χ0n) is 13.1. The molecule has 23 heavy (non-hydrogen) atoms. The molecule has 0 atom stereocenters. The fourth-order valence-corrected chi connectivity index (χ4v) is 5.30. The van der Waals surface area contributed by atoms with Gasteiger partial charge >= 0.3 is 0 Å². The van der Waals surface area contributed by atoms with Gasteiger partial charge in [-0.1, -0.05) is 30.9 Å². The summed E-state index contributed by atoms with van der Waals surface area (Å²) in [4.78, 5) is 13.4. The van der Waals surface area contributed by atoms with Gasteiger partial charge in [0.2, 0.25) is 15.9 Å². The van der Waals surface area contributed by atoms with Crippen LogP contribution in [0, 0.1) is 0 Å². The molecular weight excluding hydrogens is 336 g/mol. The van der Waals surface area contributed by atoms with Gasteiger partial charge < -0.3 is 4.90 Å². The fourth-order valence-electron chi connectivity index (χ4n) is 3.42. The summed E-state index contributed by atoms with van der Waals surface area (Å²) in [6.07, 6.45) is 5.67. The minimum Gasteiger partial charge on any atom is -0.312 e. The van der Waals surface area contributed by atoms with Crippen LogP contribution in [0.4, 0.5) is 5.69 Å². The molecule has 0 bridgehead atoms. The zero-order chi connectivity index (χ0) is 16.6. The number of halogens is 1. The van der Waals surface area contributed by atoms with E-state index in [-0.39, 0.29) is 21.9 Å². The number of rotatable bonds is 3. The van der Waals surface area contributed by atoms with E-state index in [9.17, 15) is 13.2 Å². The first-order valence-electron chi connectivity index (χ1n) is 8.01. The minimum absolute atomic E-state index is 0.0259. The van der Waals surface area contributed by atoms with Gasteiger partial charge in [0.15, 0.2) is 0 Å². The molecule has 0 saturated heterocycles. The Bertz CT molecular complexity index is 727. The van der Waals surface area contributed by atoms with Crippen molar-refractivity contribution in [1.82, 2.24) is 4.72 Å². The topological polar surface area (TPSA) is 66.5 Å². The number of sulfonamides is 1. The van der Waals surface area contributed by atoms with Crippen LogP contribution in [0.15, 0.2) is 17.0 Å². The highest BCUT2D eigenvalue weighted by Crippen LogP contribution is 2.35. The third kappa shape index (κ3) is 3.39. The summed E-state index contributed by atoms with van der Waals surface area (Å²) in [5, 5.41) is 0.220. The number of anilines is 1. The minimum atomic E-state index is -3.68. The van der Waals surface area contributed by atoms with Gasteiger partial charge in [-0.2, -0.15) is 0 Å². The lowest BCUT2D eigenvalue weighted by Crippen LogP contribution is -2.36. The number of hydrogen-bond donors (Lipinski definition) is 1. The van der Waals surface area contributed by atoms with E-state index in [1.165, 1.54) is 13.0 Å². The van der Waals surface area contributed by atoms with Gasteiger partial charge in [-0.15, -0.1) is 0 Å². The summed E-state index contributed by atoms with van der Waals surface area (Å²) in [7, 11) is -3.68. The fraction of sp³-hybridized carbons (Fsp3) is 0.562. The van der Waals surface area contributed by atoms with Crippen molar-refractivity contribution in [3.8, 4) is 0 Å². The first-order chi connectivity index (χ1) is 10.9. The average Bonchev–Trinajstić information content (AvgIpc) is 2.89. The molecule has 1 aromatic carbocycles. The molecule has 1 aliphatic carbocycles. The standard InChI is InChI=1S/C16H21ClN2O3S/c1-11(20)19-8-7-12-9-14(17)16(10-15(12)19)23(21,22)18-13-5-3-2-4-6-13/h9-10,13,18H,2-8H2,1H3. The van der Waals surface area contributed by atoms with Gasteiger partial charge in [0.1, 0.15) is 4.90 Å². The second-order valence-electron chi connectivity index (χ2n) is 6.29. The Morgan fingerprint density at radius 1 is 1.26 bits per heavy atom. The quantitative estimate of drug-likeness (QED) is 0.905. The number of carbonyl (C=O) groups excluding carboxylic acids is 1. The van der Waals surface area contributed by atoms with Crippen LogP contribution in [0.5, 0.6) is 0 Å². The Labute approximate surface area is 142 Å². The molecule has 1 aliphatic heterocycles. The highest BCUT2D eigenvalue weighted by atomic mass is 35.5. The molecule has 2 aliphatic rings. The largest absolute Gasteiger partial charge is 0.312 e. The van der Waals surface area contributed by atoms with E-state index in [1.807, 2.05) is 0 Å². The normalized spacial score (nSPS) is 19.0. The predicted octanol–water partition coefficient (Wildman–Crippen LogP) is 2.86. The smallest absolute Gasteiger partial charge is 0.242 e. The van der Waals surface area contributed by atoms with Crippen molar-refractivity contribution in [2.45, 2.75) is 56.4 Å². The first-order valence-corrected chi connectivity index (χ1v) is 9.87. The van der Waals surface area contributed by atoms with Crippen LogP contribution >= 0.6 is 11.6 Å². The summed E-state index contributed by atoms with van der Waals surface area (Å²) < 4.78 is 28.2. The van der Waals surface area contributed by atoms with Crippen molar-refractivity contribution < 1.29 is 13.2 Å². The molecule has 1 saturated carbocycles. The Morgan fingerprint density at radius 2 is 1.96 bits per heavy atom. The molecule has 7 heteroatoms. The van der Waals surface area contributed by atoms with Gasteiger partial charge in [0.05, 0.1) is 5.02 Å². The van der Waals surface area contributed by atoms with Crippen molar-refractivity contribution >= 4 is 33.2 Å². The molecule has 1 aromatic rings. The van der Waals surface area contributed by atoms with Gasteiger partial charge in [-0.05, 0) is 37.0 Å². The summed E-state index contributed by atoms with van der Waals surface area (Å²) in [6, 6.07) is 3.19. The third-order valence-corrected chi connectivity index (χ3v) is 6.61. The highest BCUT2D eigenvalue weighted by Gasteiger charge is 2.29. The SMILES string of the molecule is CC(=O)N1CCc2cc(Cl)c(S(=O)(=O)NC3CCCCC3)cc21. The number of nitrogens with one attached hydrogen (secondary N) is 1. The maximum absolute atomic E-state index is 12.7. The van der Waals surface area contributed by atoms with Gasteiger partial charge in [0, 0.05) is 25.2 Å². The summed E-state index contributed by atoms with van der Waals surface area (Å²) >= 11 is 6.21. The van der Waals surface area contributed by atoms with Crippen molar-refractivity contribution in [2.24, 2.45) is 0 Å². The number of carbonyl (C=O) groups is 1.